The third-order valence-electron chi connectivity index (χ3n) is 7.81. The average Bonchev–Trinajstić information content (AvgIpc) is 3.22. The molecule has 2 aromatic heterocycles. The largest absolute Gasteiger partial charge is 0.341 e. The molecule has 0 N–H and O–H groups in total. The van der Waals surface area contributed by atoms with Crippen molar-refractivity contribution >= 4 is 33.4 Å². The fraction of sp³-hybridized carbons (Fsp3) is 0.692. The van der Waals surface area contributed by atoms with Gasteiger partial charge in [-0.1, -0.05) is 13.8 Å². The summed E-state index contributed by atoms with van der Waals surface area (Å²) in [5, 5.41) is 0.774. The van der Waals surface area contributed by atoms with Crippen LogP contribution in [0.3, 0.4) is 0 Å². The maximum Gasteiger partial charge on any atom is 0.262 e. The first-order valence-electron chi connectivity index (χ1n) is 13.2. The van der Waals surface area contributed by atoms with Crippen molar-refractivity contribution in [2.45, 2.75) is 58.9 Å². The lowest BCUT2D eigenvalue weighted by Gasteiger charge is -2.38. The Morgan fingerprint density at radius 3 is 2.46 bits per heavy atom. The van der Waals surface area contributed by atoms with E-state index in [2.05, 4.69) is 23.7 Å². The lowest BCUT2D eigenvalue weighted by molar-refractivity contribution is -0.137. The van der Waals surface area contributed by atoms with Gasteiger partial charge in [0.2, 0.25) is 11.8 Å². The molecule has 2 saturated heterocycles. The van der Waals surface area contributed by atoms with Gasteiger partial charge in [0.15, 0.2) is 0 Å². The topological polar surface area (TPSA) is 78.8 Å². The number of piperidine rings is 1. The molecule has 35 heavy (non-hydrogen) atoms. The Morgan fingerprint density at radius 2 is 1.71 bits per heavy atom. The highest BCUT2D eigenvalue weighted by molar-refractivity contribution is 7.18. The molecule has 4 heterocycles. The van der Waals surface area contributed by atoms with Crippen molar-refractivity contribution in [2.75, 3.05) is 45.8 Å². The summed E-state index contributed by atoms with van der Waals surface area (Å²) < 4.78 is 1.61. The second kappa shape index (κ2) is 10.4. The summed E-state index contributed by atoms with van der Waals surface area (Å²) in [7, 11) is 0. The second-order valence-corrected chi connectivity index (χ2v) is 11.9. The highest BCUT2D eigenvalue weighted by Crippen LogP contribution is 2.33. The number of carbonyl (C=O) groups excluding carboxylic acids is 2. The first-order chi connectivity index (χ1) is 16.9. The molecule has 8 nitrogen and oxygen atoms in total. The zero-order chi connectivity index (χ0) is 24.5. The number of aryl methyl sites for hydroxylation is 3. The van der Waals surface area contributed by atoms with Crippen molar-refractivity contribution in [1.29, 1.82) is 0 Å². The molecule has 2 amide bonds. The van der Waals surface area contributed by atoms with Gasteiger partial charge in [0.05, 0.1) is 18.3 Å². The number of aromatic nitrogens is 2. The van der Waals surface area contributed by atoms with Gasteiger partial charge in [-0.3, -0.25) is 23.9 Å². The number of hydrogen-bond donors (Lipinski definition) is 0. The molecule has 1 aliphatic carbocycles. The number of carbonyl (C=O) groups is 2. The zero-order valence-corrected chi connectivity index (χ0v) is 21.8. The number of nitrogens with zero attached hydrogens (tertiary/aromatic N) is 5. The van der Waals surface area contributed by atoms with Crippen LogP contribution in [0.5, 0.6) is 0 Å². The number of rotatable bonds is 5. The maximum absolute atomic E-state index is 13.1. The van der Waals surface area contributed by atoms with Crippen molar-refractivity contribution in [1.82, 2.24) is 24.3 Å². The third kappa shape index (κ3) is 5.31. The van der Waals surface area contributed by atoms with Gasteiger partial charge in [-0.15, -0.1) is 11.3 Å². The Hall–Kier alpha value is -2.26. The third-order valence-corrected chi connectivity index (χ3v) is 9.01. The molecule has 190 valence electrons. The van der Waals surface area contributed by atoms with Crippen LogP contribution in [0.1, 0.15) is 50.0 Å². The van der Waals surface area contributed by atoms with Crippen LogP contribution in [-0.4, -0.2) is 81.9 Å². The molecule has 2 aromatic rings. The van der Waals surface area contributed by atoms with Gasteiger partial charge in [-0.2, -0.15) is 0 Å². The van der Waals surface area contributed by atoms with E-state index in [-0.39, 0.29) is 17.4 Å². The summed E-state index contributed by atoms with van der Waals surface area (Å²) in [5.74, 6) is 1.39. The van der Waals surface area contributed by atoms with Crippen LogP contribution < -0.4 is 5.56 Å². The predicted octanol–water partition coefficient (Wildman–Crippen LogP) is 2.38. The summed E-state index contributed by atoms with van der Waals surface area (Å²) in [6, 6.07) is 0. The number of piperazine rings is 1. The first-order valence-corrected chi connectivity index (χ1v) is 14.0. The Bertz CT molecular complexity index is 1140. The Kier molecular flexibility index (Phi) is 7.25. The molecule has 5 rings (SSSR count). The van der Waals surface area contributed by atoms with Gasteiger partial charge < -0.3 is 9.80 Å². The molecular weight excluding hydrogens is 462 g/mol. The van der Waals surface area contributed by atoms with Crippen LogP contribution in [0.25, 0.3) is 10.2 Å². The second-order valence-electron chi connectivity index (χ2n) is 10.8. The summed E-state index contributed by atoms with van der Waals surface area (Å²) >= 11 is 1.65. The number of thiophene rings is 1. The molecule has 9 heteroatoms. The van der Waals surface area contributed by atoms with E-state index in [1.54, 1.807) is 22.2 Å². The van der Waals surface area contributed by atoms with Crippen molar-refractivity contribution < 1.29 is 9.59 Å². The van der Waals surface area contributed by atoms with E-state index in [0.29, 0.717) is 57.5 Å². The van der Waals surface area contributed by atoms with Gasteiger partial charge >= 0.3 is 0 Å². The van der Waals surface area contributed by atoms with E-state index >= 15 is 0 Å². The van der Waals surface area contributed by atoms with Gasteiger partial charge in [-0.05, 0) is 49.5 Å². The molecule has 0 bridgehead atoms. The van der Waals surface area contributed by atoms with Crippen LogP contribution in [0.15, 0.2) is 11.1 Å². The monoisotopic (exact) mass is 499 g/mol. The minimum absolute atomic E-state index is 0.00752. The van der Waals surface area contributed by atoms with Crippen molar-refractivity contribution in [3.8, 4) is 0 Å². The normalized spacial score (nSPS) is 23.5. The summed E-state index contributed by atoms with van der Waals surface area (Å²) in [4.78, 5) is 51.5. The molecule has 2 fully saturated rings. The van der Waals surface area contributed by atoms with Gasteiger partial charge in [0.1, 0.15) is 4.83 Å². The van der Waals surface area contributed by atoms with Crippen LogP contribution in [0.4, 0.5) is 0 Å². The van der Waals surface area contributed by atoms with E-state index in [1.165, 1.54) is 23.3 Å². The van der Waals surface area contributed by atoms with Crippen LogP contribution >= 0.6 is 11.3 Å². The standard InChI is InChI=1S/C26H37N5O3S/c1-18-13-19(2)15-31(14-18)23(33)16-28-9-11-29(12-10-28)22(32)7-8-30-17-27-25-24(26(30)34)20-5-3-4-6-21(20)35-25/h17-19H,3-16H2,1-2H3. The zero-order valence-electron chi connectivity index (χ0n) is 21.0. The lowest BCUT2D eigenvalue weighted by atomic mass is 9.92. The van der Waals surface area contributed by atoms with E-state index in [9.17, 15) is 14.4 Å². The van der Waals surface area contributed by atoms with Gasteiger partial charge in [0.25, 0.3) is 5.56 Å². The molecule has 2 unspecified atom stereocenters. The quantitative estimate of drug-likeness (QED) is 0.631. The molecule has 2 aliphatic heterocycles. The van der Waals surface area contributed by atoms with E-state index < -0.39 is 0 Å². The van der Waals surface area contributed by atoms with E-state index in [4.69, 9.17) is 0 Å². The number of fused-ring (bicyclic) bond motifs is 3. The SMILES string of the molecule is CC1CC(C)CN(C(=O)CN2CCN(C(=O)CCn3cnc4sc5c(c4c3=O)CCCC5)CC2)C1. The highest BCUT2D eigenvalue weighted by atomic mass is 32.1. The van der Waals surface area contributed by atoms with Crippen molar-refractivity contribution in [2.24, 2.45) is 11.8 Å². The average molecular weight is 500 g/mol. The minimum Gasteiger partial charge on any atom is -0.341 e. The van der Waals surface area contributed by atoms with Crippen LogP contribution in [0, 0.1) is 11.8 Å². The molecular formula is C26H37N5O3S. The van der Waals surface area contributed by atoms with E-state index in [1.807, 2.05) is 9.80 Å². The lowest BCUT2D eigenvalue weighted by Crippen LogP contribution is -2.53. The highest BCUT2D eigenvalue weighted by Gasteiger charge is 2.28. The van der Waals surface area contributed by atoms with Crippen LogP contribution in [0.2, 0.25) is 0 Å². The number of likely N-dealkylation sites (tertiary alicyclic amines) is 1. The smallest absolute Gasteiger partial charge is 0.262 e. The molecule has 0 saturated carbocycles. The number of hydrogen-bond acceptors (Lipinski definition) is 6. The molecule has 3 aliphatic rings. The van der Waals surface area contributed by atoms with Gasteiger partial charge in [-0.25, -0.2) is 4.98 Å². The molecule has 0 radical (unpaired) electrons. The summed E-state index contributed by atoms with van der Waals surface area (Å²) in [6.07, 6.45) is 7.39. The first kappa shape index (κ1) is 24.4. The molecule has 2 atom stereocenters. The van der Waals surface area contributed by atoms with Crippen LogP contribution in [-0.2, 0) is 29.0 Å². The Labute approximate surface area is 210 Å². The number of amides is 2. The fourth-order valence-corrected chi connectivity index (χ4v) is 7.25. The molecule has 0 aromatic carbocycles. The Morgan fingerprint density at radius 1 is 1.00 bits per heavy atom. The summed E-state index contributed by atoms with van der Waals surface area (Å²) in [6.45, 7) is 9.63. The minimum atomic E-state index is -0.00752. The summed E-state index contributed by atoms with van der Waals surface area (Å²) in [5.41, 5.74) is 1.18. The maximum atomic E-state index is 13.1. The van der Waals surface area contributed by atoms with Crippen molar-refractivity contribution in [3.05, 3.63) is 27.1 Å². The predicted molar refractivity (Wildman–Crippen MR) is 138 cm³/mol. The van der Waals surface area contributed by atoms with E-state index in [0.717, 1.165) is 42.6 Å². The molecule has 0 spiro atoms. The van der Waals surface area contributed by atoms with Crippen molar-refractivity contribution in [3.63, 3.8) is 0 Å². The fourth-order valence-electron chi connectivity index (χ4n) is 6.03. The Balaban J connectivity index is 1.12. The van der Waals surface area contributed by atoms with Gasteiger partial charge in [0, 0.05) is 57.1 Å².